The first-order chi connectivity index (χ1) is 15.8. The molecule has 4 nitrogen and oxygen atoms in total. The van der Waals surface area contributed by atoms with Gasteiger partial charge >= 0.3 is 0 Å². The normalized spacial score (nSPS) is 16.5. The first-order valence-electron chi connectivity index (χ1n) is 13.4. The Hall–Kier alpha value is -2.10. The highest BCUT2D eigenvalue weighted by molar-refractivity contribution is 5.97. The van der Waals surface area contributed by atoms with Gasteiger partial charge in [0.1, 0.15) is 0 Å². The van der Waals surface area contributed by atoms with E-state index in [0.717, 1.165) is 41.3 Å². The van der Waals surface area contributed by atoms with Crippen LogP contribution in [0.1, 0.15) is 121 Å². The number of carbonyl (C=O) groups excluding carboxylic acids is 1. The molecule has 1 fully saturated rings. The zero-order valence-corrected chi connectivity index (χ0v) is 23.1. The number of amides is 1. The van der Waals surface area contributed by atoms with Crippen molar-refractivity contribution in [1.29, 1.82) is 0 Å². The molecule has 1 unspecified atom stereocenters. The van der Waals surface area contributed by atoms with Crippen LogP contribution in [0.25, 0.3) is 11.3 Å². The number of hydrogen-bond acceptors (Lipinski definition) is 2. The predicted octanol–water partition coefficient (Wildman–Crippen LogP) is 7.56. The summed E-state index contributed by atoms with van der Waals surface area (Å²) in [6.07, 6.45) is 7.47. The summed E-state index contributed by atoms with van der Waals surface area (Å²) < 4.78 is 2.43. The van der Waals surface area contributed by atoms with E-state index >= 15 is 0 Å². The summed E-state index contributed by atoms with van der Waals surface area (Å²) in [5, 5.41) is 3.19. The van der Waals surface area contributed by atoms with Crippen molar-refractivity contribution in [1.82, 2.24) is 14.9 Å². The fourth-order valence-corrected chi connectivity index (χ4v) is 4.83. The Morgan fingerprint density at radius 1 is 1.03 bits per heavy atom. The lowest BCUT2D eigenvalue weighted by Gasteiger charge is -2.26. The Morgan fingerprint density at radius 2 is 1.59 bits per heavy atom. The molecule has 4 heteroatoms. The Morgan fingerprint density at radius 3 is 2.09 bits per heavy atom. The first kappa shape index (κ1) is 26.5. The van der Waals surface area contributed by atoms with Gasteiger partial charge in [0.05, 0.1) is 5.56 Å². The largest absolute Gasteiger partial charge is 0.350 e. The van der Waals surface area contributed by atoms with Crippen LogP contribution in [-0.4, -0.2) is 21.5 Å². The number of rotatable bonds is 6. The molecule has 0 aromatic carbocycles. The monoisotopic (exact) mass is 465 g/mol. The maximum atomic E-state index is 13.2. The molecule has 1 atom stereocenters. The summed E-state index contributed by atoms with van der Waals surface area (Å²) in [6, 6.07) is 6.79. The van der Waals surface area contributed by atoms with Gasteiger partial charge in [-0.2, -0.15) is 0 Å². The van der Waals surface area contributed by atoms with Gasteiger partial charge in [-0.15, -0.1) is 0 Å². The molecule has 0 spiro atoms. The van der Waals surface area contributed by atoms with Crippen molar-refractivity contribution in [2.45, 2.75) is 124 Å². The Balaban J connectivity index is 2.17. The fraction of sp³-hybridized carbons (Fsp3) is 0.667. The van der Waals surface area contributed by atoms with Crippen LogP contribution in [-0.2, 0) is 17.4 Å². The number of aromatic nitrogens is 2. The lowest BCUT2D eigenvalue weighted by atomic mass is 9.86. The zero-order chi connectivity index (χ0) is 25.3. The lowest BCUT2D eigenvalue weighted by Crippen LogP contribution is -2.32. The van der Waals surface area contributed by atoms with Gasteiger partial charge in [-0.3, -0.25) is 9.78 Å². The third-order valence-corrected chi connectivity index (χ3v) is 7.42. The molecular formula is C30H47N3O. The van der Waals surface area contributed by atoms with Gasteiger partial charge < -0.3 is 9.88 Å². The minimum Gasteiger partial charge on any atom is -0.350 e. The van der Waals surface area contributed by atoms with Crippen molar-refractivity contribution < 1.29 is 4.79 Å². The summed E-state index contributed by atoms with van der Waals surface area (Å²) in [6.45, 7) is 20.6. The van der Waals surface area contributed by atoms with Crippen molar-refractivity contribution in [2.75, 3.05) is 0 Å². The number of hydrogen-bond donors (Lipinski definition) is 1. The highest BCUT2D eigenvalue weighted by Gasteiger charge is 2.26. The second-order valence-corrected chi connectivity index (χ2v) is 12.6. The van der Waals surface area contributed by atoms with E-state index in [-0.39, 0.29) is 22.8 Å². The van der Waals surface area contributed by atoms with Crippen molar-refractivity contribution in [3.63, 3.8) is 0 Å². The van der Waals surface area contributed by atoms with Crippen molar-refractivity contribution >= 4 is 5.91 Å². The first-order valence-corrected chi connectivity index (χ1v) is 13.4. The third-order valence-electron chi connectivity index (χ3n) is 7.42. The van der Waals surface area contributed by atoms with E-state index in [2.05, 4.69) is 90.4 Å². The van der Waals surface area contributed by atoms with E-state index < -0.39 is 0 Å². The van der Waals surface area contributed by atoms with Crippen molar-refractivity contribution in [3.05, 3.63) is 40.8 Å². The Labute approximate surface area is 207 Å². The minimum absolute atomic E-state index is 0.0386. The lowest BCUT2D eigenvalue weighted by molar-refractivity contribution is 0.0938. The summed E-state index contributed by atoms with van der Waals surface area (Å²) in [4.78, 5) is 18.3. The number of nitrogens with one attached hydrogen (secondary N) is 1. The smallest absolute Gasteiger partial charge is 0.253 e. The summed E-state index contributed by atoms with van der Waals surface area (Å²) >= 11 is 0. The molecule has 0 radical (unpaired) electrons. The van der Waals surface area contributed by atoms with Gasteiger partial charge in [-0.25, -0.2) is 0 Å². The third kappa shape index (κ3) is 6.12. The second-order valence-electron chi connectivity index (χ2n) is 12.6. The highest BCUT2D eigenvalue weighted by atomic mass is 16.1. The average molecular weight is 466 g/mol. The average Bonchev–Trinajstić information content (AvgIpc) is 3.09. The van der Waals surface area contributed by atoms with Gasteiger partial charge in [0.25, 0.3) is 5.91 Å². The van der Waals surface area contributed by atoms with Crippen LogP contribution >= 0.6 is 0 Å². The molecule has 1 amide bonds. The van der Waals surface area contributed by atoms with Gasteiger partial charge in [-0.05, 0) is 57.2 Å². The molecular weight excluding hydrogens is 418 g/mol. The van der Waals surface area contributed by atoms with Crippen molar-refractivity contribution in [2.24, 2.45) is 5.92 Å². The molecule has 1 aliphatic rings. The van der Waals surface area contributed by atoms with Crippen LogP contribution in [0.4, 0.5) is 0 Å². The number of pyridine rings is 1. The Kier molecular flexibility index (Phi) is 7.99. The molecule has 1 N–H and O–H groups in total. The van der Waals surface area contributed by atoms with E-state index in [4.69, 9.17) is 4.98 Å². The molecule has 2 aromatic heterocycles. The maximum absolute atomic E-state index is 13.2. The van der Waals surface area contributed by atoms with E-state index in [1.165, 1.54) is 37.7 Å². The minimum atomic E-state index is -0.0530. The molecule has 2 aromatic rings. The van der Waals surface area contributed by atoms with Gasteiger partial charge in [0.15, 0.2) is 0 Å². The quantitative estimate of drug-likeness (QED) is 0.478. The second kappa shape index (κ2) is 10.3. The molecule has 188 valence electrons. The molecule has 3 rings (SSSR count). The number of nitrogens with zero attached hydrogens (tertiary/aromatic N) is 2. The van der Waals surface area contributed by atoms with E-state index in [9.17, 15) is 4.79 Å². The maximum Gasteiger partial charge on any atom is 0.253 e. The summed E-state index contributed by atoms with van der Waals surface area (Å²) in [5.41, 5.74) is 6.30. The van der Waals surface area contributed by atoms with E-state index in [0.29, 0.717) is 5.92 Å². The molecule has 1 aliphatic carbocycles. The highest BCUT2D eigenvalue weighted by Crippen LogP contribution is 2.35. The van der Waals surface area contributed by atoms with Crippen LogP contribution < -0.4 is 5.32 Å². The Bertz CT molecular complexity index is 965. The predicted molar refractivity (Wildman–Crippen MR) is 144 cm³/mol. The van der Waals surface area contributed by atoms with Crippen molar-refractivity contribution in [3.8, 4) is 11.3 Å². The van der Waals surface area contributed by atoms with Crippen LogP contribution in [0, 0.1) is 12.8 Å². The molecule has 0 saturated heterocycles. The molecule has 34 heavy (non-hydrogen) atoms. The fourth-order valence-electron chi connectivity index (χ4n) is 4.83. The molecule has 0 bridgehead atoms. The van der Waals surface area contributed by atoms with Crippen LogP contribution in [0.5, 0.6) is 0 Å². The van der Waals surface area contributed by atoms with Crippen LogP contribution in [0.15, 0.2) is 18.2 Å². The van der Waals surface area contributed by atoms with Gasteiger partial charge in [0.2, 0.25) is 0 Å². The number of carbonyl (C=O) groups is 1. The topological polar surface area (TPSA) is 46.9 Å². The molecule has 2 heterocycles. The summed E-state index contributed by atoms with van der Waals surface area (Å²) in [5.74, 6) is 0.715. The van der Waals surface area contributed by atoms with Crippen LogP contribution in [0.3, 0.4) is 0 Å². The van der Waals surface area contributed by atoms with E-state index in [1.807, 2.05) is 0 Å². The zero-order valence-electron chi connectivity index (χ0n) is 23.1. The standard InChI is InChI=1S/C30H47N3O/c1-10-20(2)31-28(34)24-18-25(33(21(24)3)19-22-14-12-11-13-15-22)23-16-26(29(4,5)6)32-27(17-23)30(7,8)9/h16-18,20,22H,10-15,19H2,1-9H3,(H,31,34). The SMILES string of the molecule is CCC(C)NC(=O)c1cc(-c2cc(C(C)(C)C)nc(C(C)(C)C)c2)n(CC2CCCCC2)c1C. The van der Waals surface area contributed by atoms with Crippen LogP contribution in [0.2, 0.25) is 0 Å². The van der Waals surface area contributed by atoms with E-state index in [1.54, 1.807) is 0 Å². The summed E-state index contributed by atoms with van der Waals surface area (Å²) in [7, 11) is 0. The van der Waals surface area contributed by atoms with Gasteiger partial charge in [0, 0.05) is 51.8 Å². The molecule has 0 aliphatic heterocycles. The van der Waals surface area contributed by atoms with Gasteiger partial charge in [-0.1, -0.05) is 67.7 Å². The molecule has 1 saturated carbocycles.